The predicted molar refractivity (Wildman–Crippen MR) is 84.6 cm³/mol. The predicted octanol–water partition coefficient (Wildman–Crippen LogP) is 4.25. The highest BCUT2D eigenvalue weighted by molar-refractivity contribution is 9.09. The first-order chi connectivity index (χ1) is 9.74. The minimum absolute atomic E-state index is 0.0989. The summed E-state index contributed by atoms with van der Waals surface area (Å²) in [5.41, 5.74) is 3.26. The Hall–Kier alpha value is -1.61. The first-order valence-corrected chi connectivity index (χ1v) is 7.65. The number of aryl methyl sites for hydroxylation is 1. The number of carbonyl (C=O) groups excluding carboxylic acids is 1. The molecule has 2 rings (SSSR count). The van der Waals surface area contributed by atoms with E-state index in [0.717, 1.165) is 28.7 Å². The molecule has 0 aromatic heterocycles. The lowest BCUT2D eigenvalue weighted by Gasteiger charge is -2.13. The van der Waals surface area contributed by atoms with Crippen LogP contribution in [-0.2, 0) is 11.4 Å². The van der Waals surface area contributed by atoms with Crippen molar-refractivity contribution in [1.29, 1.82) is 0 Å². The summed E-state index contributed by atoms with van der Waals surface area (Å²) in [7, 11) is 0. The molecule has 0 amide bonds. The summed E-state index contributed by atoms with van der Waals surface area (Å²) in [4.78, 5) is 11.0. The molecule has 0 aliphatic carbocycles. The third-order valence-electron chi connectivity index (χ3n) is 3.22. The van der Waals surface area contributed by atoms with Gasteiger partial charge in [0.2, 0.25) is 0 Å². The number of halogens is 1. The zero-order chi connectivity index (χ0) is 14.4. The fourth-order valence-electron chi connectivity index (χ4n) is 2.09. The topological polar surface area (TPSA) is 26.3 Å². The Morgan fingerprint density at radius 2 is 1.95 bits per heavy atom. The highest BCUT2D eigenvalue weighted by Crippen LogP contribution is 2.24. The summed E-state index contributed by atoms with van der Waals surface area (Å²) in [6, 6.07) is 15.9. The van der Waals surface area contributed by atoms with Crippen LogP contribution >= 0.6 is 15.9 Å². The van der Waals surface area contributed by atoms with Crippen molar-refractivity contribution in [1.82, 2.24) is 0 Å². The minimum Gasteiger partial charge on any atom is -0.489 e. The van der Waals surface area contributed by atoms with E-state index in [2.05, 4.69) is 15.9 Å². The first kappa shape index (κ1) is 14.8. The molecule has 20 heavy (non-hydrogen) atoms. The highest BCUT2D eigenvalue weighted by atomic mass is 79.9. The average molecular weight is 333 g/mol. The molecule has 0 aliphatic rings. The van der Waals surface area contributed by atoms with Crippen LogP contribution in [0.15, 0.2) is 48.5 Å². The molecule has 2 aromatic rings. The largest absolute Gasteiger partial charge is 0.489 e. The molecule has 2 nitrogen and oxygen atoms in total. The Labute approximate surface area is 127 Å². The van der Waals surface area contributed by atoms with Crippen LogP contribution in [0.2, 0.25) is 0 Å². The number of benzene rings is 2. The minimum atomic E-state index is -0.0989. The van der Waals surface area contributed by atoms with Gasteiger partial charge < -0.3 is 9.53 Å². The van der Waals surface area contributed by atoms with E-state index in [0.29, 0.717) is 11.9 Å². The second-order valence-corrected chi connectivity index (χ2v) is 5.34. The van der Waals surface area contributed by atoms with Crippen molar-refractivity contribution in [3.8, 4) is 5.75 Å². The van der Waals surface area contributed by atoms with Gasteiger partial charge in [-0.05, 0) is 35.7 Å². The maximum atomic E-state index is 11.0. The highest BCUT2D eigenvalue weighted by Gasteiger charge is 2.12. The van der Waals surface area contributed by atoms with Crippen molar-refractivity contribution >= 4 is 22.2 Å². The van der Waals surface area contributed by atoms with Gasteiger partial charge in [0.15, 0.2) is 0 Å². The molecule has 104 valence electrons. The van der Waals surface area contributed by atoms with Gasteiger partial charge in [-0.2, -0.15) is 0 Å². The molecule has 0 saturated carbocycles. The Morgan fingerprint density at radius 1 is 1.20 bits per heavy atom. The van der Waals surface area contributed by atoms with Crippen molar-refractivity contribution in [2.45, 2.75) is 19.4 Å². The smallest absolute Gasteiger partial charge is 0.128 e. The molecule has 0 aliphatic heterocycles. The molecule has 1 unspecified atom stereocenters. The molecule has 0 saturated heterocycles. The molecule has 1 atom stereocenters. The van der Waals surface area contributed by atoms with Crippen LogP contribution < -0.4 is 4.74 Å². The van der Waals surface area contributed by atoms with Crippen LogP contribution in [-0.4, -0.2) is 11.6 Å². The van der Waals surface area contributed by atoms with Crippen molar-refractivity contribution in [2.75, 3.05) is 5.33 Å². The normalized spacial score (nSPS) is 11.9. The fourth-order valence-corrected chi connectivity index (χ4v) is 2.59. The maximum Gasteiger partial charge on any atom is 0.128 e. The van der Waals surface area contributed by atoms with Crippen LogP contribution in [0.1, 0.15) is 22.6 Å². The van der Waals surface area contributed by atoms with E-state index in [9.17, 15) is 4.79 Å². The zero-order valence-corrected chi connectivity index (χ0v) is 13.0. The van der Waals surface area contributed by atoms with Gasteiger partial charge in [0.1, 0.15) is 18.6 Å². The SMILES string of the molecule is Cc1cc(OCc2ccccc2)ccc1C(C=O)CBr. The van der Waals surface area contributed by atoms with E-state index < -0.39 is 0 Å². The van der Waals surface area contributed by atoms with E-state index >= 15 is 0 Å². The van der Waals surface area contributed by atoms with E-state index in [-0.39, 0.29) is 5.92 Å². The van der Waals surface area contributed by atoms with Gasteiger partial charge >= 0.3 is 0 Å². The molecular formula is C17H17BrO2. The number of carbonyl (C=O) groups is 1. The molecule has 0 heterocycles. The number of aldehydes is 1. The molecule has 2 aromatic carbocycles. The average Bonchev–Trinajstić information content (AvgIpc) is 2.49. The van der Waals surface area contributed by atoms with Gasteiger partial charge in [0.25, 0.3) is 0 Å². The molecule has 0 radical (unpaired) electrons. The number of ether oxygens (including phenoxy) is 1. The number of rotatable bonds is 6. The first-order valence-electron chi connectivity index (χ1n) is 6.53. The van der Waals surface area contributed by atoms with Crippen molar-refractivity contribution in [3.05, 3.63) is 65.2 Å². The van der Waals surface area contributed by atoms with Crippen LogP contribution in [0, 0.1) is 6.92 Å². The summed E-state index contributed by atoms with van der Waals surface area (Å²) in [5.74, 6) is 0.729. The van der Waals surface area contributed by atoms with Gasteiger partial charge in [-0.15, -0.1) is 0 Å². The second-order valence-electron chi connectivity index (χ2n) is 4.69. The Bertz CT molecular complexity index is 566. The Morgan fingerprint density at radius 3 is 2.55 bits per heavy atom. The van der Waals surface area contributed by atoms with Gasteiger partial charge in [-0.1, -0.05) is 52.3 Å². The summed E-state index contributed by atoms with van der Waals surface area (Å²) < 4.78 is 5.77. The third-order valence-corrected chi connectivity index (χ3v) is 3.92. The van der Waals surface area contributed by atoms with E-state index in [1.807, 2.05) is 55.5 Å². The lowest BCUT2D eigenvalue weighted by atomic mass is 9.97. The number of hydrogen-bond acceptors (Lipinski definition) is 2. The molecule has 0 fully saturated rings. The van der Waals surface area contributed by atoms with Crippen LogP contribution in [0.5, 0.6) is 5.75 Å². The molecule has 0 bridgehead atoms. The summed E-state index contributed by atoms with van der Waals surface area (Å²) >= 11 is 3.36. The standard InChI is InChI=1S/C17H17BrO2/c1-13-9-16(7-8-17(13)15(10-18)11-19)20-12-14-5-3-2-4-6-14/h2-9,11,15H,10,12H2,1H3. The monoisotopic (exact) mass is 332 g/mol. The Kier molecular flexibility index (Phi) is 5.36. The van der Waals surface area contributed by atoms with Crippen LogP contribution in [0.25, 0.3) is 0 Å². The van der Waals surface area contributed by atoms with Crippen molar-refractivity contribution in [3.63, 3.8) is 0 Å². The van der Waals surface area contributed by atoms with Gasteiger partial charge in [0.05, 0.1) is 0 Å². The van der Waals surface area contributed by atoms with Crippen molar-refractivity contribution in [2.24, 2.45) is 0 Å². The lowest BCUT2D eigenvalue weighted by molar-refractivity contribution is -0.108. The van der Waals surface area contributed by atoms with Gasteiger partial charge in [0, 0.05) is 11.2 Å². The van der Waals surface area contributed by atoms with Crippen molar-refractivity contribution < 1.29 is 9.53 Å². The molecule has 3 heteroatoms. The summed E-state index contributed by atoms with van der Waals surface area (Å²) in [6.07, 6.45) is 0.974. The fraction of sp³-hybridized carbons (Fsp3) is 0.235. The molecular weight excluding hydrogens is 316 g/mol. The zero-order valence-electron chi connectivity index (χ0n) is 11.4. The van der Waals surface area contributed by atoms with E-state index in [1.165, 1.54) is 0 Å². The van der Waals surface area contributed by atoms with Crippen LogP contribution in [0.4, 0.5) is 0 Å². The molecule has 0 N–H and O–H groups in total. The van der Waals surface area contributed by atoms with Crippen LogP contribution in [0.3, 0.4) is 0 Å². The lowest BCUT2D eigenvalue weighted by Crippen LogP contribution is -2.04. The third kappa shape index (κ3) is 3.70. The summed E-state index contributed by atoms with van der Waals surface area (Å²) in [6.45, 7) is 2.55. The van der Waals surface area contributed by atoms with E-state index in [4.69, 9.17) is 4.74 Å². The van der Waals surface area contributed by atoms with Gasteiger partial charge in [-0.25, -0.2) is 0 Å². The maximum absolute atomic E-state index is 11.0. The number of hydrogen-bond donors (Lipinski definition) is 0. The van der Waals surface area contributed by atoms with E-state index in [1.54, 1.807) is 0 Å². The van der Waals surface area contributed by atoms with Gasteiger partial charge in [-0.3, -0.25) is 0 Å². The summed E-state index contributed by atoms with van der Waals surface area (Å²) in [5, 5.41) is 0.640. The number of alkyl halides is 1. The Balaban J connectivity index is 2.07. The quantitative estimate of drug-likeness (QED) is 0.583. The molecule has 0 spiro atoms. The second kappa shape index (κ2) is 7.25.